The Kier molecular flexibility index (Phi) is 3.97. The van der Waals surface area contributed by atoms with Crippen LogP contribution in [0, 0.1) is 0 Å². The molecule has 0 aliphatic heterocycles. The highest BCUT2D eigenvalue weighted by atomic mass is 16.6. The van der Waals surface area contributed by atoms with Gasteiger partial charge in [0.1, 0.15) is 5.60 Å². The second kappa shape index (κ2) is 5.53. The first-order chi connectivity index (χ1) is 9.33. The van der Waals surface area contributed by atoms with E-state index in [1.54, 1.807) is 45.0 Å². The number of anilines is 1. The van der Waals surface area contributed by atoms with Crippen LogP contribution in [0.1, 0.15) is 44.0 Å². The van der Waals surface area contributed by atoms with Crippen LogP contribution in [-0.4, -0.2) is 23.6 Å². The van der Waals surface area contributed by atoms with Crippen LogP contribution in [0.15, 0.2) is 24.3 Å². The fourth-order valence-electron chi connectivity index (χ4n) is 1.62. The summed E-state index contributed by atoms with van der Waals surface area (Å²) in [5.74, 6) is -0.0729. The number of nitrogens with one attached hydrogen (secondary N) is 2. The summed E-state index contributed by atoms with van der Waals surface area (Å²) in [6, 6.07) is 7.08. The first-order valence-electron chi connectivity index (χ1n) is 6.74. The van der Waals surface area contributed by atoms with E-state index in [1.165, 1.54) is 0 Å². The van der Waals surface area contributed by atoms with Gasteiger partial charge in [-0.15, -0.1) is 0 Å². The predicted molar refractivity (Wildman–Crippen MR) is 76.8 cm³/mol. The topological polar surface area (TPSA) is 67.4 Å². The van der Waals surface area contributed by atoms with Crippen molar-refractivity contribution in [3.63, 3.8) is 0 Å². The first-order valence-corrected chi connectivity index (χ1v) is 6.74. The number of amides is 2. The molecule has 0 radical (unpaired) electrons. The van der Waals surface area contributed by atoms with E-state index in [1.807, 2.05) is 0 Å². The second-order valence-corrected chi connectivity index (χ2v) is 5.95. The van der Waals surface area contributed by atoms with Gasteiger partial charge >= 0.3 is 6.09 Å². The predicted octanol–water partition coefficient (Wildman–Crippen LogP) is 2.93. The Labute approximate surface area is 118 Å². The molecule has 20 heavy (non-hydrogen) atoms. The van der Waals surface area contributed by atoms with Gasteiger partial charge in [-0.2, -0.15) is 0 Å². The van der Waals surface area contributed by atoms with Crippen molar-refractivity contribution >= 4 is 17.7 Å². The van der Waals surface area contributed by atoms with Gasteiger partial charge in [0.05, 0.1) is 0 Å². The van der Waals surface area contributed by atoms with Crippen molar-refractivity contribution in [2.75, 3.05) is 5.32 Å². The van der Waals surface area contributed by atoms with E-state index in [2.05, 4.69) is 10.6 Å². The molecule has 0 aromatic heterocycles. The molecule has 0 unspecified atom stereocenters. The Morgan fingerprint density at radius 3 is 2.25 bits per heavy atom. The minimum absolute atomic E-state index is 0.0729. The maximum atomic E-state index is 11.8. The van der Waals surface area contributed by atoms with Crippen LogP contribution in [0.2, 0.25) is 0 Å². The molecule has 1 aromatic rings. The monoisotopic (exact) mass is 276 g/mol. The van der Waals surface area contributed by atoms with E-state index in [9.17, 15) is 9.59 Å². The van der Waals surface area contributed by atoms with E-state index in [4.69, 9.17) is 4.74 Å². The molecule has 0 spiro atoms. The SMILES string of the molecule is CC(C)(C)OC(=O)Nc1ccc(C(=O)NC2CC2)cc1. The fourth-order valence-corrected chi connectivity index (χ4v) is 1.62. The lowest BCUT2D eigenvalue weighted by molar-refractivity contribution is 0.0635. The summed E-state index contributed by atoms with van der Waals surface area (Å²) in [5.41, 5.74) is 0.655. The quantitative estimate of drug-likeness (QED) is 0.892. The number of carbonyl (C=O) groups excluding carboxylic acids is 2. The van der Waals surface area contributed by atoms with E-state index >= 15 is 0 Å². The average molecular weight is 276 g/mol. The number of ether oxygens (including phenoxy) is 1. The molecule has 1 aromatic carbocycles. The molecule has 2 N–H and O–H groups in total. The van der Waals surface area contributed by atoms with Gasteiger partial charge in [0.25, 0.3) is 5.91 Å². The molecule has 1 aliphatic carbocycles. The van der Waals surface area contributed by atoms with Crippen LogP contribution in [0.4, 0.5) is 10.5 Å². The zero-order chi connectivity index (χ0) is 14.8. The molecule has 2 rings (SSSR count). The Morgan fingerprint density at radius 1 is 1.15 bits per heavy atom. The number of hydrogen-bond donors (Lipinski definition) is 2. The average Bonchev–Trinajstić information content (AvgIpc) is 3.11. The molecule has 108 valence electrons. The van der Waals surface area contributed by atoms with Crippen molar-refractivity contribution in [2.24, 2.45) is 0 Å². The summed E-state index contributed by atoms with van der Waals surface area (Å²) in [6.07, 6.45) is 1.61. The van der Waals surface area contributed by atoms with Crippen LogP contribution < -0.4 is 10.6 Å². The summed E-state index contributed by atoms with van der Waals surface area (Å²) in [6.45, 7) is 5.41. The first kappa shape index (κ1) is 14.4. The van der Waals surface area contributed by atoms with Gasteiger partial charge < -0.3 is 10.1 Å². The van der Waals surface area contributed by atoms with Crippen LogP contribution in [-0.2, 0) is 4.74 Å². The lowest BCUT2D eigenvalue weighted by atomic mass is 10.2. The van der Waals surface area contributed by atoms with Gasteiger partial charge in [0, 0.05) is 17.3 Å². The smallest absolute Gasteiger partial charge is 0.412 e. The van der Waals surface area contributed by atoms with Crippen LogP contribution >= 0.6 is 0 Å². The summed E-state index contributed by atoms with van der Waals surface area (Å²) in [4.78, 5) is 23.4. The fraction of sp³-hybridized carbons (Fsp3) is 0.467. The molecule has 5 heteroatoms. The molecule has 5 nitrogen and oxygen atoms in total. The molecular formula is C15H20N2O3. The molecule has 1 fully saturated rings. The van der Waals surface area contributed by atoms with Crippen molar-refractivity contribution in [1.82, 2.24) is 5.32 Å². The van der Waals surface area contributed by atoms with Crippen LogP contribution in [0.25, 0.3) is 0 Å². The Bertz CT molecular complexity index is 499. The summed E-state index contributed by atoms with van der Waals surface area (Å²) < 4.78 is 5.15. The summed E-state index contributed by atoms with van der Waals surface area (Å²) in [7, 11) is 0. The number of carbonyl (C=O) groups is 2. The molecular weight excluding hydrogens is 256 g/mol. The van der Waals surface area contributed by atoms with Crippen molar-refractivity contribution in [3.8, 4) is 0 Å². The van der Waals surface area contributed by atoms with Crippen molar-refractivity contribution in [3.05, 3.63) is 29.8 Å². The van der Waals surface area contributed by atoms with Crippen molar-refractivity contribution in [2.45, 2.75) is 45.3 Å². The third kappa shape index (κ3) is 4.57. The van der Waals surface area contributed by atoms with Gasteiger partial charge in [0.15, 0.2) is 0 Å². The molecule has 0 atom stereocenters. The Balaban J connectivity index is 1.90. The zero-order valence-electron chi connectivity index (χ0n) is 12.0. The number of benzene rings is 1. The van der Waals surface area contributed by atoms with Crippen LogP contribution in [0.5, 0.6) is 0 Å². The van der Waals surface area contributed by atoms with Gasteiger partial charge in [0.2, 0.25) is 0 Å². The minimum Gasteiger partial charge on any atom is -0.444 e. The van der Waals surface area contributed by atoms with Gasteiger partial charge in [-0.25, -0.2) is 4.79 Å². The summed E-state index contributed by atoms with van der Waals surface area (Å²) >= 11 is 0. The Hall–Kier alpha value is -2.04. The maximum absolute atomic E-state index is 11.8. The maximum Gasteiger partial charge on any atom is 0.412 e. The van der Waals surface area contributed by atoms with E-state index in [0.717, 1.165) is 12.8 Å². The standard InChI is InChI=1S/C15H20N2O3/c1-15(2,3)20-14(19)17-12-6-4-10(5-7-12)13(18)16-11-8-9-11/h4-7,11H,8-9H2,1-3H3,(H,16,18)(H,17,19). The Morgan fingerprint density at radius 2 is 1.75 bits per heavy atom. The van der Waals surface area contributed by atoms with E-state index in [-0.39, 0.29) is 5.91 Å². The number of rotatable bonds is 3. The van der Waals surface area contributed by atoms with Crippen molar-refractivity contribution in [1.29, 1.82) is 0 Å². The van der Waals surface area contributed by atoms with E-state index in [0.29, 0.717) is 17.3 Å². The third-order valence-electron chi connectivity index (χ3n) is 2.70. The second-order valence-electron chi connectivity index (χ2n) is 5.95. The van der Waals surface area contributed by atoms with E-state index < -0.39 is 11.7 Å². The minimum atomic E-state index is -0.534. The molecule has 1 aliphatic rings. The third-order valence-corrected chi connectivity index (χ3v) is 2.70. The normalized spacial score (nSPS) is 14.6. The number of hydrogen-bond acceptors (Lipinski definition) is 3. The van der Waals surface area contributed by atoms with Gasteiger partial charge in [-0.3, -0.25) is 10.1 Å². The highest BCUT2D eigenvalue weighted by Gasteiger charge is 2.23. The molecule has 0 bridgehead atoms. The highest BCUT2D eigenvalue weighted by Crippen LogP contribution is 2.19. The van der Waals surface area contributed by atoms with Crippen LogP contribution in [0.3, 0.4) is 0 Å². The lowest BCUT2D eigenvalue weighted by Crippen LogP contribution is -2.27. The summed E-state index contributed by atoms with van der Waals surface area (Å²) in [5, 5.41) is 5.54. The highest BCUT2D eigenvalue weighted by molar-refractivity contribution is 5.95. The van der Waals surface area contributed by atoms with Gasteiger partial charge in [-0.05, 0) is 57.9 Å². The van der Waals surface area contributed by atoms with Crippen molar-refractivity contribution < 1.29 is 14.3 Å². The molecule has 0 heterocycles. The zero-order valence-corrected chi connectivity index (χ0v) is 12.0. The van der Waals surface area contributed by atoms with Gasteiger partial charge in [-0.1, -0.05) is 0 Å². The molecule has 0 saturated heterocycles. The molecule has 2 amide bonds. The lowest BCUT2D eigenvalue weighted by Gasteiger charge is -2.19. The molecule has 1 saturated carbocycles. The largest absolute Gasteiger partial charge is 0.444 e.